The largest absolute Gasteiger partial charge is 0.368 e. The molecule has 21 heavy (non-hydrogen) atoms. The molecule has 2 aliphatic rings. The van der Waals surface area contributed by atoms with Gasteiger partial charge in [-0.05, 0) is 12.1 Å². The summed E-state index contributed by atoms with van der Waals surface area (Å²) < 4.78 is 0. The van der Waals surface area contributed by atoms with E-state index in [1.165, 1.54) is 12.1 Å². The molecule has 1 aromatic carbocycles. The van der Waals surface area contributed by atoms with Crippen molar-refractivity contribution >= 4 is 11.4 Å². The molecule has 110 valence electrons. The highest BCUT2D eigenvalue weighted by Crippen LogP contribution is 2.29. The van der Waals surface area contributed by atoms with Crippen molar-refractivity contribution in [1.82, 2.24) is 10.2 Å². The lowest BCUT2D eigenvalue weighted by atomic mass is 10.0. The van der Waals surface area contributed by atoms with Gasteiger partial charge in [0.15, 0.2) is 0 Å². The van der Waals surface area contributed by atoms with E-state index in [0.717, 1.165) is 45.0 Å². The van der Waals surface area contributed by atoms with Gasteiger partial charge in [0.25, 0.3) is 5.69 Å². The Morgan fingerprint density at radius 1 is 1.33 bits per heavy atom. The summed E-state index contributed by atoms with van der Waals surface area (Å²) in [4.78, 5) is 15.1. The fourth-order valence-electron chi connectivity index (χ4n) is 2.91. The molecule has 0 spiro atoms. The fraction of sp³-hybridized carbons (Fsp3) is 0.500. The van der Waals surface area contributed by atoms with Gasteiger partial charge < -0.3 is 10.2 Å². The molecule has 2 heterocycles. The van der Waals surface area contributed by atoms with E-state index in [0.29, 0.717) is 6.04 Å². The molecule has 1 aromatic rings. The van der Waals surface area contributed by atoms with Crippen molar-refractivity contribution < 1.29 is 4.92 Å². The van der Waals surface area contributed by atoms with Crippen LogP contribution in [-0.4, -0.2) is 55.1 Å². The van der Waals surface area contributed by atoms with Crippen LogP contribution < -0.4 is 10.2 Å². The van der Waals surface area contributed by atoms with E-state index in [1.807, 2.05) is 6.07 Å². The minimum Gasteiger partial charge on any atom is -0.368 e. The number of nitrogens with zero attached hydrogens (tertiary/aromatic N) is 4. The summed E-state index contributed by atoms with van der Waals surface area (Å²) in [5.41, 5.74) is 0.829. The van der Waals surface area contributed by atoms with Crippen LogP contribution in [0.1, 0.15) is 5.56 Å². The number of nitro benzene ring substituents is 1. The summed E-state index contributed by atoms with van der Waals surface area (Å²) in [5, 5.41) is 23.2. The summed E-state index contributed by atoms with van der Waals surface area (Å²) in [7, 11) is 0. The second kappa shape index (κ2) is 5.68. The maximum absolute atomic E-state index is 11.0. The highest BCUT2D eigenvalue weighted by molar-refractivity contribution is 5.61. The number of piperazine rings is 1. The van der Waals surface area contributed by atoms with Crippen molar-refractivity contribution in [2.75, 3.05) is 44.2 Å². The fourth-order valence-corrected chi connectivity index (χ4v) is 2.91. The van der Waals surface area contributed by atoms with Crippen LogP contribution in [0.4, 0.5) is 11.4 Å². The molecule has 0 radical (unpaired) electrons. The number of hydrogen-bond acceptors (Lipinski definition) is 6. The second-order valence-corrected chi connectivity index (χ2v) is 5.42. The molecule has 3 rings (SSSR count). The number of benzene rings is 1. The topological polar surface area (TPSA) is 85.4 Å². The molecule has 0 saturated carbocycles. The third-order valence-electron chi connectivity index (χ3n) is 4.19. The van der Waals surface area contributed by atoms with Crippen molar-refractivity contribution in [2.45, 2.75) is 6.04 Å². The molecular formula is C14H17N5O2. The molecule has 2 fully saturated rings. The normalized spacial score (nSPS) is 19.9. The van der Waals surface area contributed by atoms with E-state index in [9.17, 15) is 10.1 Å². The SMILES string of the molecule is N#Cc1ccc(N2CC(N3CCNCC3)C2)cc1[N+](=O)[O-]. The summed E-state index contributed by atoms with van der Waals surface area (Å²) in [5.74, 6) is 0. The van der Waals surface area contributed by atoms with Gasteiger partial charge in [0, 0.05) is 57.1 Å². The molecule has 1 N–H and O–H groups in total. The van der Waals surface area contributed by atoms with Gasteiger partial charge in [-0.2, -0.15) is 5.26 Å². The number of hydrogen-bond donors (Lipinski definition) is 1. The molecular weight excluding hydrogens is 270 g/mol. The van der Waals surface area contributed by atoms with Crippen LogP contribution in [0.25, 0.3) is 0 Å². The summed E-state index contributed by atoms with van der Waals surface area (Å²) >= 11 is 0. The minimum atomic E-state index is -0.490. The molecule has 0 unspecified atom stereocenters. The first kappa shape index (κ1) is 13.8. The highest BCUT2D eigenvalue weighted by atomic mass is 16.6. The van der Waals surface area contributed by atoms with E-state index in [-0.39, 0.29) is 11.3 Å². The zero-order chi connectivity index (χ0) is 14.8. The average molecular weight is 287 g/mol. The van der Waals surface area contributed by atoms with E-state index >= 15 is 0 Å². The minimum absolute atomic E-state index is 0.111. The maximum atomic E-state index is 11.0. The summed E-state index contributed by atoms with van der Waals surface area (Å²) in [6.45, 7) is 5.96. The van der Waals surface area contributed by atoms with Gasteiger partial charge in [-0.25, -0.2) is 0 Å². The lowest BCUT2D eigenvalue weighted by Crippen LogP contribution is -2.62. The summed E-state index contributed by atoms with van der Waals surface area (Å²) in [6, 6.07) is 7.22. The maximum Gasteiger partial charge on any atom is 0.289 e. The third-order valence-corrected chi connectivity index (χ3v) is 4.19. The average Bonchev–Trinajstić information content (AvgIpc) is 2.46. The van der Waals surface area contributed by atoms with Gasteiger partial charge in [0.2, 0.25) is 0 Å². The highest BCUT2D eigenvalue weighted by Gasteiger charge is 2.33. The number of nitro groups is 1. The van der Waals surface area contributed by atoms with Crippen LogP contribution in [0, 0.1) is 21.4 Å². The third kappa shape index (κ3) is 2.68. The Kier molecular flexibility index (Phi) is 3.73. The Morgan fingerprint density at radius 2 is 2.05 bits per heavy atom. The molecule has 0 bridgehead atoms. The van der Waals surface area contributed by atoms with Crippen molar-refractivity contribution in [3.8, 4) is 6.07 Å². The van der Waals surface area contributed by atoms with Crippen molar-refractivity contribution in [3.63, 3.8) is 0 Å². The molecule has 2 aliphatic heterocycles. The van der Waals surface area contributed by atoms with Gasteiger partial charge in [-0.3, -0.25) is 15.0 Å². The van der Waals surface area contributed by atoms with Crippen LogP contribution in [0.5, 0.6) is 0 Å². The molecule has 2 saturated heterocycles. The first-order chi connectivity index (χ1) is 10.2. The molecule has 0 aromatic heterocycles. The molecule has 7 heteroatoms. The van der Waals surface area contributed by atoms with Crippen LogP contribution >= 0.6 is 0 Å². The van der Waals surface area contributed by atoms with Gasteiger partial charge in [0.05, 0.1) is 4.92 Å². The predicted molar refractivity (Wildman–Crippen MR) is 78.3 cm³/mol. The van der Waals surface area contributed by atoms with Crippen LogP contribution in [-0.2, 0) is 0 Å². The van der Waals surface area contributed by atoms with E-state index in [1.54, 1.807) is 6.07 Å². The Balaban J connectivity index is 1.68. The van der Waals surface area contributed by atoms with Crippen molar-refractivity contribution in [3.05, 3.63) is 33.9 Å². The zero-order valence-corrected chi connectivity index (χ0v) is 11.7. The van der Waals surface area contributed by atoms with Crippen LogP contribution in [0.2, 0.25) is 0 Å². The van der Waals surface area contributed by atoms with E-state index in [2.05, 4.69) is 15.1 Å². The Labute approximate surface area is 122 Å². The first-order valence-electron chi connectivity index (χ1n) is 7.07. The number of anilines is 1. The van der Waals surface area contributed by atoms with Crippen molar-refractivity contribution in [2.24, 2.45) is 0 Å². The lowest BCUT2D eigenvalue weighted by molar-refractivity contribution is -0.385. The number of nitriles is 1. The standard InChI is InChI=1S/C14H17N5O2/c15-8-11-1-2-12(7-14(11)19(20)21)18-9-13(10-18)17-5-3-16-4-6-17/h1-2,7,13,16H,3-6,9-10H2. The molecule has 0 amide bonds. The Hall–Kier alpha value is -2.17. The number of nitrogens with one attached hydrogen (secondary N) is 1. The number of rotatable bonds is 3. The van der Waals surface area contributed by atoms with E-state index < -0.39 is 4.92 Å². The monoisotopic (exact) mass is 287 g/mol. The van der Waals surface area contributed by atoms with Crippen LogP contribution in [0.3, 0.4) is 0 Å². The lowest BCUT2D eigenvalue weighted by Gasteiger charge is -2.47. The Bertz CT molecular complexity index is 586. The quantitative estimate of drug-likeness (QED) is 0.646. The van der Waals surface area contributed by atoms with Crippen LogP contribution in [0.15, 0.2) is 18.2 Å². The predicted octanol–water partition coefficient (Wildman–Crippen LogP) is 0.560. The molecule has 0 atom stereocenters. The Morgan fingerprint density at radius 3 is 2.67 bits per heavy atom. The van der Waals surface area contributed by atoms with Gasteiger partial charge in [0.1, 0.15) is 11.6 Å². The van der Waals surface area contributed by atoms with Gasteiger partial charge in [-0.1, -0.05) is 0 Å². The molecule has 7 nitrogen and oxygen atoms in total. The zero-order valence-electron chi connectivity index (χ0n) is 11.7. The van der Waals surface area contributed by atoms with Gasteiger partial charge in [-0.15, -0.1) is 0 Å². The van der Waals surface area contributed by atoms with Gasteiger partial charge >= 0.3 is 0 Å². The van der Waals surface area contributed by atoms with E-state index in [4.69, 9.17) is 5.26 Å². The molecule has 0 aliphatic carbocycles. The second-order valence-electron chi connectivity index (χ2n) is 5.42. The summed E-state index contributed by atoms with van der Waals surface area (Å²) in [6.07, 6.45) is 0. The smallest absolute Gasteiger partial charge is 0.289 e. The van der Waals surface area contributed by atoms with Crippen molar-refractivity contribution in [1.29, 1.82) is 5.26 Å². The first-order valence-corrected chi connectivity index (χ1v) is 7.07.